The maximum atomic E-state index is 2.50. The number of rotatable bonds is 6. The summed E-state index contributed by atoms with van der Waals surface area (Å²) in [4.78, 5) is 0. The van der Waals surface area contributed by atoms with Gasteiger partial charge in [-0.3, -0.25) is 0 Å². The molecule has 14 rings (SSSR count). The van der Waals surface area contributed by atoms with Crippen molar-refractivity contribution in [1.82, 2.24) is 9.13 Å². The standard InChI is InChI=1S/C66H42N2/c1-4-19-43(20-5-1)45-40-39-44-21-14-30-52(59(44)41-45)64-53-31-15-28-48(55-33-17-35-57-50-26-10-12-37-62(50)67(65(55)57)46-22-6-2-7-23-46)60(53)42-61-49(29-16-32-54(61)64)56-34-18-36-58-51-27-11-13-38-63(51)68(66(56)58)47-24-8-3-9-25-47/h1-42H. The van der Waals surface area contributed by atoms with E-state index < -0.39 is 0 Å². The first-order valence-electron chi connectivity index (χ1n) is 23.5. The van der Waals surface area contributed by atoms with E-state index in [2.05, 4.69) is 264 Å². The van der Waals surface area contributed by atoms with Crippen LogP contribution in [0.5, 0.6) is 0 Å². The highest BCUT2D eigenvalue weighted by Gasteiger charge is 2.23. The molecule has 0 spiro atoms. The number of aromatic nitrogens is 2. The fraction of sp³-hybridized carbons (Fsp3) is 0. The molecular formula is C66H42N2. The SMILES string of the molecule is c1ccc(-c2ccc3cccc(-c4c5cccc(-c6cccc7c8ccccc8n(-c8ccccc8)c67)c5cc5c(-c6cccc7c8ccccc8n(-c8ccccc8)c67)cccc45)c3c2)cc1. The van der Waals surface area contributed by atoms with Gasteiger partial charge in [0.15, 0.2) is 0 Å². The number of para-hydroxylation sites is 6. The highest BCUT2D eigenvalue weighted by atomic mass is 15.0. The summed E-state index contributed by atoms with van der Waals surface area (Å²) < 4.78 is 4.93. The third kappa shape index (κ3) is 5.78. The summed E-state index contributed by atoms with van der Waals surface area (Å²) in [6.07, 6.45) is 0. The zero-order valence-corrected chi connectivity index (χ0v) is 37.1. The van der Waals surface area contributed by atoms with E-state index in [4.69, 9.17) is 0 Å². The van der Waals surface area contributed by atoms with E-state index in [1.165, 1.54) is 120 Å². The van der Waals surface area contributed by atoms with Crippen molar-refractivity contribution in [2.75, 3.05) is 0 Å². The minimum absolute atomic E-state index is 1.15. The number of fused-ring (bicyclic) bond motifs is 9. The summed E-state index contributed by atoms with van der Waals surface area (Å²) in [6.45, 7) is 0. The molecule has 14 aromatic rings. The number of hydrogen-bond acceptors (Lipinski definition) is 0. The molecular weight excluding hydrogens is 821 g/mol. The molecule has 0 fully saturated rings. The van der Waals surface area contributed by atoms with Crippen molar-refractivity contribution < 1.29 is 0 Å². The predicted octanol–water partition coefficient (Wildman–Crippen LogP) is 18.0. The molecule has 0 N–H and O–H groups in total. The summed E-state index contributed by atoms with van der Waals surface area (Å²) in [5.41, 5.74) is 16.8. The number of benzene rings is 12. The van der Waals surface area contributed by atoms with Crippen LogP contribution in [-0.2, 0) is 0 Å². The molecule has 2 heterocycles. The normalized spacial score (nSPS) is 11.8. The van der Waals surface area contributed by atoms with Gasteiger partial charge in [0.25, 0.3) is 0 Å². The first-order chi connectivity index (χ1) is 33.8. The smallest absolute Gasteiger partial charge is 0.0619 e. The molecule has 0 aliphatic rings. The van der Waals surface area contributed by atoms with Crippen molar-refractivity contribution in [1.29, 1.82) is 0 Å². The van der Waals surface area contributed by atoms with Gasteiger partial charge in [-0.1, -0.05) is 206 Å². The summed E-state index contributed by atoms with van der Waals surface area (Å²) in [6, 6.07) is 94.0. The Labute approximate surface area is 393 Å². The van der Waals surface area contributed by atoms with Crippen LogP contribution in [-0.4, -0.2) is 9.13 Å². The zero-order chi connectivity index (χ0) is 44.7. The number of nitrogens with zero attached hydrogens (tertiary/aromatic N) is 2. The van der Waals surface area contributed by atoms with Crippen molar-refractivity contribution in [3.8, 4) is 55.9 Å². The van der Waals surface area contributed by atoms with Gasteiger partial charge in [0, 0.05) is 44.0 Å². The molecule has 0 aliphatic heterocycles. The van der Waals surface area contributed by atoms with Gasteiger partial charge in [-0.05, 0) is 114 Å². The predicted molar refractivity (Wildman–Crippen MR) is 289 cm³/mol. The van der Waals surface area contributed by atoms with Gasteiger partial charge in [-0.25, -0.2) is 0 Å². The summed E-state index contributed by atoms with van der Waals surface area (Å²) in [5, 5.41) is 12.3. The van der Waals surface area contributed by atoms with Crippen molar-refractivity contribution in [3.05, 3.63) is 255 Å². The van der Waals surface area contributed by atoms with Crippen molar-refractivity contribution >= 4 is 75.9 Å². The molecule has 0 saturated carbocycles. The van der Waals surface area contributed by atoms with Gasteiger partial charge < -0.3 is 9.13 Å². The van der Waals surface area contributed by atoms with Gasteiger partial charge in [0.05, 0.1) is 22.1 Å². The van der Waals surface area contributed by atoms with E-state index in [0.717, 1.165) is 11.4 Å². The lowest BCUT2D eigenvalue weighted by molar-refractivity contribution is 1.18. The van der Waals surface area contributed by atoms with Gasteiger partial charge in [0.1, 0.15) is 0 Å². The van der Waals surface area contributed by atoms with Crippen molar-refractivity contribution in [2.24, 2.45) is 0 Å². The topological polar surface area (TPSA) is 9.86 Å². The van der Waals surface area contributed by atoms with Gasteiger partial charge in [-0.15, -0.1) is 0 Å². The molecule has 12 aromatic carbocycles. The largest absolute Gasteiger partial charge is 0.309 e. The second-order valence-corrected chi connectivity index (χ2v) is 17.9. The highest BCUT2D eigenvalue weighted by Crippen LogP contribution is 2.48. The molecule has 0 amide bonds. The monoisotopic (exact) mass is 862 g/mol. The summed E-state index contributed by atoms with van der Waals surface area (Å²) in [7, 11) is 0. The van der Waals surface area contributed by atoms with E-state index in [1.54, 1.807) is 0 Å². The Kier molecular flexibility index (Phi) is 8.62. The highest BCUT2D eigenvalue weighted by molar-refractivity contribution is 6.25. The number of hydrogen-bond donors (Lipinski definition) is 0. The Hall–Kier alpha value is -8.98. The molecule has 0 aliphatic carbocycles. The molecule has 0 unspecified atom stereocenters. The molecule has 316 valence electrons. The lowest BCUT2D eigenvalue weighted by atomic mass is 9.84. The molecule has 0 bridgehead atoms. The molecule has 0 saturated heterocycles. The first-order valence-corrected chi connectivity index (χ1v) is 23.5. The molecule has 2 nitrogen and oxygen atoms in total. The third-order valence-corrected chi connectivity index (χ3v) is 14.3. The van der Waals surface area contributed by atoms with Crippen LogP contribution in [0.4, 0.5) is 0 Å². The van der Waals surface area contributed by atoms with Crippen LogP contribution in [0.3, 0.4) is 0 Å². The molecule has 0 atom stereocenters. The van der Waals surface area contributed by atoms with Crippen molar-refractivity contribution in [2.45, 2.75) is 0 Å². The Bertz CT molecular complexity index is 4080. The van der Waals surface area contributed by atoms with E-state index >= 15 is 0 Å². The second-order valence-electron chi connectivity index (χ2n) is 17.9. The molecule has 2 aromatic heterocycles. The van der Waals surface area contributed by atoms with E-state index in [-0.39, 0.29) is 0 Å². The fourth-order valence-corrected chi connectivity index (χ4v) is 11.4. The molecule has 68 heavy (non-hydrogen) atoms. The lowest BCUT2D eigenvalue weighted by Crippen LogP contribution is -1.97. The van der Waals surface area contributed by atoms with Crippen LogP contribution in [0.15, 0.2) is 255 Å². The van der Waals surface area contributed by atoms with Crippen molar-refractivity contribution in [3.63, 3.8) is 0 Å². The lowest BCUT2D eigenvalue weighted by Gasteiger charge is -2.20. The maximum absolute atomic E-state index is 2.50. The van der Waals surface area contributed by atoms with E-state index in [1.807, 2.05) is 0 Å². The van der Waals surface area contributed by atoms with E-state index in [9.17, 15) is 0 Å². The molecule has 0 radical (unpaired) electrons. The third-order valence-electron chi connectivity index (χ3n) is 14.3. The van der Waals surface area contributed by atoms with E-state index in [0.29, 0.717) is 0 Å². The zero-order valence-electron chi connectivity index (χ0n) is 37.1. The second kappa shape index (κ2) is 15.3. The van der Waals surface area contributed by atoms with Gasteiger partial charge in [0.2, 0.25) is 0 Å². The molecule has 2 heteroatoms. The van der Waals surface area contributed by atoms with Crippen LogP contribution in [0.25, 0.3) is 132 Å². The summed E-state index contributed by atoms with van der Waals surface area (Å²) in [5.74, 6) is 0. The fourth-order valence-electron chi connectivity index (χ4n) is 11.4. The Balaban J connectivity index is 1.14. The van der Waals surface area contributed by atoms with Gasteiger partial charge >= 0.3 is 0 Å². The summed E-state index contributed by atoms with van der Waals surface area (Å²) >= 11 is 0. The first kappa shape index (κ1) is 38.3. The Morgan fingerprint density at radius 2 is 0.647 bits per heavy atom. The Morgan fingerprint density at radius 3 is 1.19 bits per heavy atom. The van der Waals surface area contributed by atoms with Crippen LogP contribution in [0, 0.1) is 0 Å². The Morgan fingerprint density at radius 1 is 0.221 bits per heavy atom. The average Bonchev–Trinajstić information content (AvgIpc) is 3.94. The van der Waals surface area contributed by atoms with Crippen LogP contribution >= 0.6 is 0 Å². The minimum Gasteiger partial charge on any atom is -0.309 e. The average molecular weight is 863 g/mol. The minimum atomic E-state index is 1.15. The quantitative estimate of drug-likeness (QED) is 0.147. The van der Waals surface area contributed by atoms with Gasteiger partial charge in [-0.2, -0.15) is 0 Å². The van der Waals surface area contributed by atoms with Crippen LogP contribution in [0.2, 0.25) is 0 Å². The maximum Gasteiger partial charge on any atom is 0.0619 e. The van der Waals surface area contributed by atoms with Crippen LogP contribution < -0.4 is 0 Å². The van der Waals surface area contributed by atoms with Crippen LogP contribution in [0.1, 0.15) is 0 Å².